The van der Waals surface area contributed by atoms with Crippen molar-refractivity contribution in [1.82, 2.24) is 20.4 Å². The summed E-state index contributed by atoms with van der Waals surface area (Å²) in [5.74, 6) is 0.496. The van der Waals surface area contributed by atoms with Gasteiger partial charge in [-0.25, -0.2) is 0 Å². The Kier molecular flexibility index (Phi) is 4.06. The minimum Gasteiger partial charge on any atom is -0.394 e. The molecule has 0 aliphatic carbocycles. The summed E-state index contributed by atoms with van der Waals surface area (Å²) >= 11 is 0. The Morgan fingerprint density at radius 1 is 1.06 bits per heavy atom. The molecule has 17 heavy (non-hydrogen) atoms. The molecular formula is C11H12N4O2. The topological polar surface area (TPSA) is 81.0 Å². The molecule has 6 heteroatoms. The lowest BCUT2D eigenvalue weighted by Crippen LogP contribution is -1.99. The highest BCUT2D eigenvalue weighted by Gasteiger charge is 2.01. The lowest BCUT2D eigenvalue weighted by Gasteiger charge is -2.03. The van der Waals surface area contributed by atoms with Crippen molar-refractivity contribution >= 4 is 0 Å². The van der Waals surface area contributed by atoms with Gasteiger partial charge < -0.3 is 9.84 Å². The van der Waals surface area contributed by atoms with Gasteiger partial charge in [0.2, 0.25) is 5.82 Å². The van der Waals surface area contributed by atoms with Crippen molar-refractivity contribution in [1.29, 1.82) is 0 Å². The van der Waals surface area contributed by atoms with Gasteiger partial charge in [0, 0.05) is 5.56 Å². The maximum Gasteiger partial charge on any atom is 0.203 e. The lowest BCUT2D eigenvalue weighted by atomic mass is 10.1. The molecule has 2 aromatic rings. The van der Waals surface area contributed by atoms with Crippen LogP contribution in [0.2, 0.25) is 0 Å². The molecule has 6 nitrogen and oxygen atoms in total. The number of aliphatic hydroxyl groups is 1. The summed E-state index contributed by atoms with van der Waals surface area (Å²) in [6, 6.07) is 7.61. The van der Waals surface area contributed by atoms with E-state index in [1.165, 1.54) is 6.33 Å². The average Bonchev–Trinajstić information content (AvgIpc) is 2.41. The molecule has 0 saturated heterocycles. The molecule has 1 heterocycles. The molecule has 1 N–H and O–H groups in total. The zero-order valence-corrected chi connectivity index (χ0v) is 9.15. The number of benzene rings is 1. The minimum absolute atomic E-state index is 0.0350. The molecule has 0 unspecified atom stereocenters. The largest absolute Gasteiger partial charge is 0.394 e. The normalized spacial score (nSPS) is 10.4. The van der Waals surface area contributed by atoms with Gasteiger partial charge in [-0.05, 0) is 5.56 Å². The minimum atomic E-state index is 0.0350. The van der Waals surface area contributed by atoms with Crippen molar-refractivity contribution in [3.05, 3.63) is 36.2 Å². The van der Waals surface area contributed by atoms with E-state index < -0.39 is 0 Å². The van der Waals surface area contributed by atoms with Crippen LogP contribution in [0.4, 0.5) is 0 Å². The molecule has 1 aromatic carbocycles. The predicted octanol–water partition coefficient (Wildman–Crippen LogP) is 0.442. The fraction of sp³-hybridized carbons (Fsp3) is 0.273. The molecule has 1 aromatic heterocycles. The summed E-state index contributed by atoms with van der Waals surface area (Å²) in [6.07, 6.45) is 1.29. The smallest absolute Gasteiger partial charge is 0.203 e. The van der Waals surface area contributed by atoms with E-state index in [4.69, 9.17) is 9.84 Å². The van der Waals surface area contributed by atoms with Crippen LogP contribution in [0.15, 0.2) is 30.6 Å². The number of nitrogens with zero attached hydrogens (tertiary/aromatic N) is 4. The zero-order chi connectivity index (χ0) is 11.9. The van der Waals surface area contributed by atoms with Gasteiger partial charge in [-0.3, -0.25) is 0 Å². The second-order valence-corrected chi connectivity index (χ2v) is 3.34. The van der Waals surface area contributed by atoms with Crippen LogP contribution in [0.5, 0.6) is 0 Å². The number of ether oxygens (including phenoxy) is 1. The third kappa shape index (κ3) is 3.27. The van der Waals surface area contributed by atoms with Crippen molar-refractivity contribution in [2.75, 3.05) is 13.2 Å². The summed E-state index contributed by atoms with van der Waals surface area (Å²) in [5, 5.41) is 23.7. The Balaban J connectivity index is 2.03. The first-order valence-corrected chi connectivity index (χ1v) is 5.18. The number of aromatic nitrogens is 4. The van der Waals surface area contributed by atoms with Crippen molar-refractivity contribution in [3.8, 4) is 11.4 Å². The van der Waals surface area contributed by atoms with Crippen LogP contribution in [0, 0.1) is 0 Å². The van der Waals surface area contributed by atoms with Crippen LogP contribution >= 0.6 is 0 Å². The molecule has 0 spiro atoms. The standard InChI is InChI=1S/C11H12N4O2/c16-5-6-17-7-9-1-3-10(4-2-9)11-14-12-8-13-15-11/h1-4,8,16H,5-7H2. The summed E-state index contributed by atoms with van der Waals surface area (Å²) in [5.41, 5.74) is 1.88. The number of hydrogen-bond donors (Lipinski definition) is 1. The van der Waals surface area contributed by atoms with Gasteiger partial charge in [0.25, 0.3) is 0 Å². The third-order valence-electron chi connectivity index (χ3n) is 2.12. The van der Waals surface area contributed by atoms with Crippen LogP contribution in [-0.4, -0.2) is 38.7 Å². The van der Waals surface area contributed by atoms with Crippen LogP contribution in [-0.2, 0) is 11.3 Å². The summed E-state index contributed by atoms with van der Waals surface area (Å²) < 4.78 is 5.21. The highest BCUT2D eigenvalue weighted by atomic mass is 16.5. The van der Waals surface area contributed by atoms with Crippen molar-refractivity contribution < 1.29 is 9.84 Å². The Morgan fingerprint density at radius 2 is 1.76 bits per heavy atom. The highest BCUT2D eigenvalue weighted by molar-refractivity contribution is 5.53. The molecule has 0 atom stereocenters. The second-order valence-electron chi connectivity index (χ2n) is 3.34. The van der Waals surface area contributed by atoms with Crippen LogP contribution in [0.1, 0.15) is 5.56 Å². The van der Waals surface area contributed by atoms with E-state index in [9.17, 15) is 0 Å². The quantitative estimate of drug-likeness (QED) is 0.753. The fourth-order valence-corrected chi connectivity index (χ4v) is 1.32. The van der Waals surface area contributed by atoms with E-state index in [0.29, 0.717) is 19.0 Å². The molecule has 0 fully saturated rings. The van der Waals surface area contributed by atoms with E-state index in [0.717, 1.165) is 11.1 Å². The molecular weight excluding hydrogens is 220 g/mol. The molecule has 0 aliphatic rings. The van der Waals surface area contributed by atoms with Crippen molar-refractivity contribution in [2.45, 2.75) is 6.61 Å². The van der Waals surface area contributed by atoms with E-state index in [1.807, 2.05) is 24.3 Å². The van der Waals surface area contributed by atoms with Gasteiger partial charge >= 0.3 is 0 Å². The van der Waals surface area contributed by atoms with E-state index in [2.05, 4.69) is 20.4 Å². The molecule has 0 radical (unpaired) electrons. The maximum atomic E-state index is 8.58. The maximum absolute atomic E-state index is 8.58. The third-order valence-corrected chi connectivity index (χ3v) is 2.12. The van der Waals surface area contributed by atoms with Crippen LogP contribution in [0.3, 0.4) is 0 Å². The van der Waals surface area contributed by atoms with Gasteiger partial charge in [0.15, 0.2) is 6.33 Å². The Hall–Kier alpha value is -1.92. The molecule has 0 amide bonds. The molecule has 0 saturated carbocycles. The summed E-state index contributed by atoms with van der Waals surface area (Å²) in [7, 11) is 0. The first-order valence-electron chi connectivity index (χ1n) is 5.18. The monoisotopic (exact) mass is 232 g/mol. The lowest BCUT2D eigenvalue weighted by molar-refractivity contribution is 0.0815. The van der Waals surface area contributed by atoms with Crippen molar-refractivity contribution in [3.63, 3.8) is 0 Å². The number of hydrogen-bond acceptors (Lipinski definition) is 6. The van der Waals surface area contributed by atoms with Gasteiger partial charge in [0.05, 0.1) is 19.8 Å². The number of rotatable bonds is 5. The Morgan fingerprint density at radius 3 is 2.41 bits per heavy atom. The number of aliphatic hydroxyl groups excluding tert-OH is 1. The van der Waals surface area contributed by atoms with E-state index in [1.54, 1.807) is 0 Å². The molecule has 0 aliphatic heterocycles. The molecule has 0 bridgehead atoms. The van der Waals surface area contributed by atoms with E-state index in [-0.39, 0.29) is 6.61 Å². The SMILES string of the molecule is OCCOCc1ccc(-c2nncnn2)cc1. The van der Waals surface area contributed by atoms with Crippen LogP contribution < -0.4 is 0 Å². The van der Waals surface area contributed by atoms with Crippen molar-refractivity contribution in [2.24, 2.45) is 0 Å². The van der Waals surface area contributed by atoms with Gasteiger partial charge in [0.1, 0.15) is 0 Å². The van der Waals surface area contributed by atoms with Crippen LogP contribution in [0.25, 0.3) is 11.4 Å². The Bertz CT molecular complexity index is 447. The predicted molar refractivity (Wildman–Crippen MR) is 59.8 cm³/mol. The Labute approximate surface area is 98.3 Å². The molecule has 88 valence electrons. The van der Waals surface area contributed by atoms with E-state index >= 15 is 0 Å². The second kappa shape index (κ2) is 5.97. The highest BCUT2D eigenvalue weighted by Crippen LogP contribution is 2.14. The van der Waals surface area contributed by atoms with Gasteiger partial charge in [-0.15, -0.1) is 20.4 Å². The average molecular weight is 232 g/mol. The van der Waals surface area contributed by atoms with Gasteiger partial charge in [-0.1, -0.05) is 24.3 Å². The summed E-state index contributed by atoms with van der Waals surface area (Å²) in [6.45, 7) is 0.859. The first-order chi connectivity index (χ1) is 8.40. The zero-order valence-electron chi connectivity index (χ0n) is 9.15. The first kappa shape index (κ1) is 11.6. The fourth-order valence-electron chi connectivity index (χ4n) is 1.32. The van der Waals surface area contributed by atoms with Gasteiger partial charge in [-0.2, -0.15) is 0 Å². The summed E-state index contributed by atoms with van der Waals surface area (Å²) in [4.78, 5) is 0. The molecule has 2 rings (SSSR count).